The van der Waals surface area contributed by atoms with E-state index in [-0.39, 0.29) is 5.82 Å². The van der Waals surface area contributed by atoms with Gasteiger partial charge in [0.2, 0.25) is 0 Å². The molecular formula is C22H23FN6. The summed E-state index contributed by atoms with van der Waals surface area (Å²) in [4.78, 5) is 7.39. The van der Waals surface area contributed by atoms with E-state index in [1.807, 2.05) is 59.7 Å². The lowest BCUT2D eigenvalue weighted by molar-refractivity contribution is 0.629. The molecule has 2 aromatic carbocycles. The molecule has 0 atom stereocenters. The van der Waals surface area contributed by atoms with Crippen LogP contribution in [0.1, 0.15) is 11.1 Å². The van der Waals surface area contributed by atoms with Gasteiger partial charge in [-0.2, -0.15) is 5.10 Å². The molecule has 0 saturated heterocycles. The summed E-state index contributed by atoms with van der Waals surface area (Å²) in [5.74, 6) is 0.493. The first kappa shape index (κ1) is 18.7. The van der Waals surface area contributed by atoms with Crippen LogP contribution in [0.4, 0.5) is 4.39 Å². The van der Waals surface area contributed by atoms with Crippen LogP contribution in [-0.4, -0.2) is 34.3 Å². The maximum absolute atomic E-state index is 13.3. The number of guanidine groups is 1. The van der Waals surface area contributed by atoms with Crippen molar-refractivity contribution in [3.05, 3.63) is 84.1 Å². The molecule has 6 nitrogen and oxygen atoms in total. The average molecular weight is 390 g/mol. The summed E-state index contributed by atoms with van der Waals surface area (Å²) in [6, 6.07) is 14.8. The van der Waals surface area contributed by atoms with Gasteiger partial charge in [0, 0.05) is 49.0 Å². The zero-order valence-corrected chi connectivity index (χ0v) is 16.2. The molecule has 29 heavy (non-hydrogen) atoms. The lowest BCUT2D eigenvalue weighted by Gasteiger charge is -2.11. The van der Waals surface area contributed by atoms with E-state index >= 15 is 0 Å². The second-order valence-corrected chi connectivity index (χ2v) is 6.74. The number of halogens is 1. The van der Waals surface area contributed by atoms with E-state index in [1.165, 1.54) is 12.1 Å². The number of aromatic nitrogens is 3. The third kappa shape index (κ3) is 4.45. The van der Waals surface area contributed by atoms with Crippen LogP contribution in [0.3, 0.4) is 0 Å². The fourth-order valence-electron chi connectivity index (χ4n) is 3.26. The number of H-pyrrole nitrogens is 1. The molecule has 3 N–H and O–H groups in total. The normalized spacial score (nSPS) is 11.7. The number of hydrogen-bond donors (Lipinski definition) is 3. The molecule has 148 valence electrons. The minimum atomic E-state index is -0.232. The van der Waals surface area contributed by atoms with Gasteiger partial charge >= 0.3 is 0 Å². The first-order chi connectivity index (χ1) is 14.2. The van der Waals surface area contributed by atoms with Crippen LogP contribution in [0, 0.1) is 5.82 Å². The lowest BCUT2D eigenvalue weighted by atomic mass is 10.1. The van der Waals surface area contributed by atoms with Gasteiger partial charge in [-0.05, 0) is 42.3 Å². The third-order valence-corrected chi connectivity index (χ3v) is 4.76. The van der Waals surface area contributed by atoms with E-state index < -0.39 is 0 Å². The molecule has 0 radical (unpaired) electrons. The van der Waals surface area contributed by atoms with Crippen molar-refractivity contribution in [3.8, 4) is 5.69 Å². The number of nitrogens with one attached hydrogen (secondary N) is 3. The number of rotatable bonds is 6. The van der Waals surface area contributed by atoms with Crippen LogP contribution in [0.25, 0.3) is 16.6 Å². The van der Waals surface area contributed by atoms with Crippen LogP contribution >= 0.6 is 0 Å². The van der Waals surface area contributed by atoms with Gasteiger partial charge in [0.1, 0.15) is 5.82 Å². The summed E-state index contributed by atoms with van der Waals surface area (Å²) in [7, 11) is 1.75. The first-order valence-electron chi connectivity index (χ1n) is 9.52. The van der Waals surface area contributed by atoms with Crippen LogP contribution < -0.4 is 10.6 Å². The molecule has 4 aromatic rings. The predicted octanol–water partition coefficient (Wildman–Crippen LogP) is 3.40. The predicted molar refractivity (Wildman–Crippen MR) is 114 cm³/mol. The van der Waals surface area contributed by atoms with Crippen molar-refractivity contribution in [2.45, 2.75) is 13.0 Å². The van der Waals surface area contributed by atoms with E-state index in [9.17, 15) is 4.39 Å². The van der Waals surface area contributed by atoms with Gasteiger partial charge in [0.15, 0.2) is 5.96 Å². The van der Waals surface area contributed by atoms with Gasteiger partial charge in [-0.1, -0.05) is 18.2 Å². The third-order valence-electron chi connectivity index (χ3n) is 4.76. The molecule has 0 aliphatic rings. The van der Waals surface area contributed by atoms with Gasteiger partial charge in [-0.15, -0.1) is 0 Å². The number of aromatic amines is 1. The number of fused-ring (bicyclic) bond motifs is 1. The highest BCUT2D eigenvalue weighted by Gasteiger charge is 2.06. The van der Waals surface area contributed by atoms with Crippen LogP contribution in [0.15, 0.2) is 72.1 Å². The SMILES string of the molecule is CN=C(NCCc1c[nH]c2cc(F)ccc12)NCc1cnn(-c2ccccc2)c1. The molecule has 0 aliphatic carbocycles. The molecule has 0 aliphatic heterocycles. The van der Waals surface area contributed by atoms with Crippen molar-refractivity contribution >= 4 is 16.9 Å². The molecule has 0 fully saturated rings. The Morgan fingerprint density at radius 3 is 2.86 bits per heavy atom. The zero-order valence-electron chi connectivity index (χ0n) is 16.2. The molecule has 0 saturated carbocycles. The number of hydrogen-bond acceptors (Lipinski definition) is 2. The van der Waals surface area contributed by atoms with Gasteiger partial charge in [-0.25, -0.2) is 9.07 Å². The Hall–Kier alpha value is -3.61. The summed E-state index contributed by atoms with van der Waals surface area (Å²) in [5, 5.41) is 12.1. The highest BCUT2D eigenvalue weighted by atomic mass is 19.1. The summed E-state index contributed by atoms with van der Waals surface area (Å²) in [5.41, 5.74) is 4.06. The Morgan fingerprint density at radius 1 is 1.17 bits per heavy atom. The van der Waals surface area contributed by atoms with E-state index in [0.717, 1.165) is 40.1 Å². The maximum Gasteiger partial charge on any atom is 0.191 e. The Kier molecular flexibility index (Phi) is 5.56. The molecule has 0 spiro atoms. The first-order valence-corrected chi connectivity index (χ1v) is 9.52. The van der Waals surface area contributed by atoms with E-state index in [4.69, 9.17) is 0 Å². The van der Waals surface area contributed by atoms with Crippen molar-refractivity contribution in [3.63, 3.8) is 0 Å². The minimum absolute atomic E-state index is 0.232. The van der Waals surface area contributed by atoms with Crippen LogP contribution in [0.2, 0.25) is 0 Å². The summed E-state index contributed by atoms with van der Waals surface area (Å²) in [6.07, 6.45) is 6.58. The Balaban J connectivity index is 1.29. The summed E-state index contributed by atoms with van der Waals surface area (Å²) in [6.45, 7) is 1.34. The fourth-order valence-corrected chi connectivity index (χ4v) is 3.26. The second kappa shape index (κ2) is 8.60. The van der Waals surface area contributed by atoms with Gasteiger partial charge < -0.3 is 15.6 Å². The highest BCUT2D eigenvalue weighted by molar-refractivity contribution is 5.83. The van der Waals surface area contributed by atoms with E-state index in [2.05, 4.69) is 25.7 Å². The van der Waals surface area contributed by atoms with Crippen molar-refractivity contribution in [1.82, 2.24) is 25.4 Å². The highest BCUT2D eigenvalue weighted by Crippen LogP contribution is 2.19. The van der Waals surface area contributed by atoms with Crippen molar-refractivity contribution < 1.29 is 4.39 Å². The minimum Gasteiger partial charge on any atom is -0.361 e. The average Bonchev–Trinajstić information content (AvgIpc) is 3.38. The standard InChI is InChI=1S/C22H23FN6/c1-24-22(25-10-9-17-14-26-21-11-18(23)7-8-20(17)21)27-12-16-13-28-29(15-16)19-5-3-2-4-6-19/h2-8,11,13-15,26H,9-10,12H2,1H3,(H2,24,25,27). The second-order valence-electron chi connectivity index (χ2n) is 6.74. The number of aliphatic imine (C=N–C) groups is 1. The Bertz CT molecular complexity index is 1110. The molecular weight excluding hydrogens is 367 g/mol. The van der Waals surface area contributed by atoms with Crippen molar-refractivity contribution in [2.24, 2.45) is 4.99 Å². The fraction of sp³-hybridized carbons (Fsp3) is 0.182. The lowest BCUT2D eigenvalue weighted by Crippen LogP contribution is -2.37. The summed E-state index contributed by atoms with van der Waals surface area (Å²) >= 11 is 0. The molecule has 2 heterocycles. The van der Waals surface area contributed by atoms with Gasteiger partial charge in [-0.3, -0.25) is 4.99 Å². The molecule has 2 aromatic heterocycles. The Labute approximate surface area is 168 Å². The molecule has 0 bridgehead atoms. The van der Waals surface area contributed by atoms with E-state index in [1.54, 1.807) is 7.05 Å². The topological polar surface area (TPSA) is 70.0 Å². The number of para-hydroxylation sites is 1. The van der Waals surface area contributed by atoms with E-state index in [0.29, 0.717) is 13.1 Å². The van der Waals surface area contributed by atoms with Crippen molar-refractivity contribution in [1.29, 1.82) is 0 Å². The smallest absolute Gasteiger partial charge is 0.191 e. The maximum atomic E-state index is 13.3. The zero-order chi connectivity index (χ0) is 20.1. The molecule has 0 amide bonds. The number of benzene rings is 2. The van der Waals surface area contributed by atoms with Crippen LogP contribution in [-0.2, 0) is 13.0 Å². The van der Waals surface area contributed by atoms with Crippen LogP contribution in [0.5, 0.6) is 0 Å². The Morgan fingerprint density at radius 2 is 2.03 bits per heavy atom. The molecule has 7 heteroatoms. The van der Waals surface area contributed by atoms with Gasteiger partial charge in [0.05, 0.1) is 11.9 Å². The largest absolute Gasteiger partial charge is 0.361 e. The monoisotopic (exact) mass is 390 g/mol. The quantitative estimate of drug-likeness (QED) is 0.349. The molecule has 4 rings (SSSR count). The van der Waals surface area contributed by atoms with Gasteiger partial charge in [0.25, 0.3) is 0 Å². The summed E-state index contributed by atoms with van der Waals surface area (Å²) < 4.78 is 15.2. The number of nitrogens with zero attached hydrogens (tertiary/aromatic N) is 3. The van der Waals surface area contributed by atoms with Crippen molar-refractivity contribution in [2.75, 3.05) is 13.6 Å². The molecule has 0 unspecified atom stereocenters.